The van der Waals surface area contributed by atoms with E-state index in [9.17, 15) is 0 Å². The van der Waals surface area contributed by atoms with Gasteiger partial charge in [-0.1, -0.05) is 13.8 Å². The van der Waals surface area contributed by atoms with Crippen LogP contribution in [0.1, 0.15) is 20.3 Å². The van der Waals surface area contributed by atoms with E-state index in [4.69, 9.17) is 4.74 Å². The maximum atomic E-state index is 5.60. The Kier molecular flexibility index (Phi) is 6.02. The number of hydrogen-bond donors (Lipinski definition) is 1. The molecule has 0 amide bonds. The lowest BCUT2D eigenvalue weighted by molar-refractivity contribution is 0.306. The Labute approximate surface area is 106 Å². The van der Waals surface area contributed by atoms with Gasteiger partial charge in [-0.2, -0.15) is 0 Å². The van der Waals surface area contributed by atoms with Gasteiger partial charge < -0.3 is 10.1 Å². The molecule has 0 radical (unpaired) electrons. The molecule has 0 unspecified atom stereocenters. The molecule has 0 saturated heterocycles. The molecule has 1 aromatic carbocycles. The first-order chi connectivity index (χ1) is 7.18. The largest absolute Gasteiger partial charge is 0.494 e. The summed E-state index contributed by atoms with van der Waals surface area (Å²) in [5, 5.41) is 3.36. The van der Waals surface area contributed by atoms with Crippen molar-refractivity contribution in [1.82, 2.24) is 5.32 Å². The van der Waals surface area contributed by atoms with Crippen molar-refractivity contribution < 1.29 is 4.74 Å². The lowest BCUT2D eigenvalue weighted by Crippen LogP contribution is -2.24. The Morgan fingerprint density at radius 2 is 1.93 bits per heavy atom. The minimum atomic E-state index is 0.559. The Morgan fingerprint density at radius 1 is 1.27 bits per heavy atom. The van der Waals surface area contributed by atoms with Gasteiger partial charge in [0.2, 0.25) is 0 Å². The number of ether oxygens (including phenoxy) is 1. The molecule has 1 N–H and O–H groups in total. The highest BCUT2D eigenvalue weighted by atomic mass is 127. The van der Waals surface area contributed by atoms with E-state index in [0.717, 1.165) is 25.3 Å². The van der Waals surface area contributed by atoms with Gasteiger partial charge in [-0.3, -0.25) is 0 Å². The molecule has 0 aliphatic rings. The monoisotopic (exact) mass is 319 g/mol. The number of hydrogen-bond acceptors (Lipinski definition) is 2. The first-order valence-corrected chi connectivity index (χ1v) is 6.38. The standard InChI is InChI=1S/C12H18INO/c1-10(2)14-8-3-9-15-12-6-4-11(13)5-7-12/h4-7,10,14H,3,8-9H2,1-2H3. The molecule has 1 aromatic rings. The number of rotatable bonds is 6. The molecular formula is C12H18INO. The van der Waals surface area contributed by atoms with E-state index >= 15 is 0 Å². The zero-order valence-corrected chi connectivity index (χ0v) is 11.5. The number of benzene rings is 1. The highest BCUT2D eigenvalue weighted by Crippen LogP contribution is 2.13. The van der Waals surface area contributed by atoms with Gasteiger partial charge in [0.05, 0.1) is 6.61 Å². The lowest BCUT2D eigenvalue weighted by atomic mass is 10.3. The van der Waals surface area contributed by atoms with Crippen LogP contribution < -0.4 is 10.1 Å². The van der Waals surface area contributed by atoms with Crippen LogP contribution in [-0.2, 0) is 0 Å². The van der Waals surface area contributed by atoms with Crippen LogP contribution in [-0.4, -0.2) is 19.2 Å². The van der Waals surface area contributed by atoms with Crippen LogP contribution in [0.5, 0.6) is 5.75 Å². The molecule has 0 aliphatic heterocycles. The van der Waals surface area contributed by atoms with Crippen LogP contribution in [0.15, 0.2) is 24.3 Å². The van der Waals surface area contributed by atoms with Gasteiger partial charge in [-0.25, -0.2) is 0 Å². The maximum absolute atomic E-state index is 5.60. The second kappa shape index (κ2) is 7.06. The smallest absolute Gasteiger partial charge is 0.119 e. The molecule has 0 aromatic heterocycles. The van der Waals surface area contributed by atoms with Crippen molar-refractivity contribution >= 4 is 22.6 Å². The van der Waals surface area contributed by atoms with Crippen LogP contribution in [0.25, 0.3) is 0 Å². The summed E-state index contributed by atoms with van der Waals surface area (Å²) in [6.45, 7) is 6.10. The highest BCUT2D eigenvalue weighted by Gasteiger charge is 1.94. The summed E-state index contributed by atoms with van der Waals surface area (Å²) in [4.78, 5) is 0. The highest BCUT2D eigenvalue weighted by molar-refractivity contribution is 14.1. The molecule has 0 saturated carbocycles. The van der Waals surface area contributed by atoms with E-state index in [-0.39, 0.29) is 0 Å². The van der Waals surface area contributed by atoms with Crippen molar-refractivity contribution in [3.63, 3.8) is 0 Å². The van der Waals surface area contributed by atoms with Gasteiger partial charge in [0, 0.05) is 9.61 Å². The summed E-state index contributed by atoms with van der Waals surface area (Å²) in [7, 11) is 0. The van der Waals surface area contributed by atoms with Gasteiger partial charge in [0.25, 0.3) is 0 Å². The average Bonchev–Trinajstić information content (AvgIpc) is 2.20. The van der Waals surface area contributed by atoms with Gasteiger partial charge in [0.1, 0.15) is 5.75 Å². The quantitative estimate of drug-likeness (QED) is 0.643. The van der Waals surface area contributed by atoms with E-state index in [2.05, 4.69) is 53.9 Å². The van der Waals surface area contributed by atoms with Crippen LogP contribution >= 0.6 is 22.6 Å². The van der Waals surface area contributed by atoms with Crippen molar-refractivity contribution in [1.29, 1.82) is 0 Å². The van der Waals surface area contributed by atoms with Crippen molar-refractivity contribution in [2.45, 2.75) is 26.3 Å². The van der Waals surface area contributed by atoms with Gasteiger partial charge in [-0.15, -0.1) is 0 Å². The minimum absolute atomic E-state index is 0.559. The van der Waals surface area contributed by atoms with Crippen LogP contribution in [0.3, 0.4) is 0 Å². The predicted molar refractivity (Wildman–Crippen MR) is 72.4 cm³/mol. The first kappa shape index (κ1) is 12.8. The van der Waals surface area contributed by atoms with E-state index in [0.29, 0.717) is 6.04 Å². The molecule has 0 bridgehead atoms. The van der Waals surface area contributed by atoms with Crippen molar-refractivity contribution in [3.05, 3.63) is 27.8 Å². The lowest BCUT2D eigenvalue weighted by Gasteiger charge is -2.09. The summed E-state index contributed by atoms with van der Waals surface area (Å²) in [5.41, 5.74) is 0. The third kappa shape index (κ3) is 5.99. The third-order valence-corrected chi connectivity index (χ3v) is 2.68. The molecule has 0 fully saturated rings. The van der Waals surface area contributed by atoms with Gasteiger partial charge >= 0.3 is 0 Å². The fraction of sp³-hybridized carbons (Fsp3) is 0.500. The van der Waals surface area contributed by atoms with E-state index in [1.807, 2.05) is 12.1 Å². The summed E-state index contributed by atoms with van der Waals surface area (Å²) in [6.07, 6.45) is 1.05. The molecule has 84 valence electrons. The molecule has 15 heavy (non-hydrogen) atoms. The molecule has 0 aliphatic carbocycles. The third-order valence-electron chi connectivity index (χ3n) is 1.96. The Morgan fingerprint density at radius 3 is 2.53 bits per heavy atom. The summed E-state index contributed by atoms with van der Waals surface area (Å²) >= 11 is 2.29. The van der Waals surface area contributed by atoms with E-state index < -0.39 is 0 Å². The number of halogens is 1. The minimum Gasteiger partial charge on any atom is -0.494 e. The molecule has 3 heteroatoms. The van der Waals surface area contributed by atoms with Crippen LogP contribution in [0.4, 0.5) is 0 Å². The summed E-state index contributed by atoms with van der Waals surface area (Å²) < 4.78 is 6.84. The Bertz CT molecular complexity index is 271. The fourth-order valence-corrected chi connectivity index (χ4v) is 1.54. The SMILES string of the molecule is CC(C)NCCCOc1ccc(I)cc1. The van der Waals surface area contributed by atoms with Crippen molar-refractivity contribution in [2.75, 3.05) is 13.2 Å². The van der Waals surface area contributed by atoms with Gasteiger partial charge in [0.15, 0.2) is 0 Å². The summed E-state index contributed by atoms with van der Waals surface area (Å²) in [6, 6.07) is 8.70. The predicted octanol–water partition coefficient (Wildman–Crippen LogP) is 3.06. The maximum Gasteiger partial charge on any atom is 0.119 e. The first-order valence-electron chi connectivity index (χ1n) is 5.30. The zero-order chi connectivity index (χ0) is 11.1. The normalized spacial score (nSPS) is 10.7. The fourth-order valence-electron chi connectivity index (χ4n) is 1.18. The molecule has 0 spiro atoms. The van der Waals surface area contributed by atoms with Crippen LogP contribution in [0.2, 0.25) is 0 Å². The van der Waals surface area contributed by atoms with Gasteiger partial charge in [-0.05, 0) is 59.8 Å². The number of nitrogens with one attached hydrogen (secondary N) is 1. The second-order valence-electron chi connectivity index (χ2n) is 3.76. The molecule has 2 nitrogen and oxygen atoms in total. The average molecular weight is 319 g/mol. The topological polar surface area (TPSA) is 21.3 Å². The van der Waals surface area contributed by atoms with Crippen LogP contribution in [0, 0.1) is 3.57 Å². The molecule has 1 rings (SSSR count). The molecule has 0 atom stereocenters. The van der Waals surface area contributed by atoms with Crippen molar-refractivity contribution in [2.24, 2.45) is 0 Å². The Hall–Kier alpha value is -0.290. The second-order valence-corrected chi connectivity index (χ2v) is 5.01. The Balaban J connectivity index is 2.12. The van der Waals surface area contributed by atoms with E-state index in [1.165, 1.54) is 3.57 Å². The molecular weight excluding hydrogens is 301 g/mol. The molecule has 0 heterocycles. The zero-order valence-electron chi connectivity index (χ0n) is 9.29. The van der Waals surface area contributed by atoms with Crippen molar-refractivity contribution in [3.8, 4) is 5.75 Å². The summed E-state index contributed by atoms with van der Waals surface area (Å²) in [5.74, 6) is 0.958. The van der Waals surface area contributed by atoms with E-state index in [1.54, 1.807) is 0 Å².